The Morgan fingerprint density at radius 2 is 2.29 bits per heavy atom. The molecule has 21 heavy (non-hydrogen) atoms. The number of amides is 1. The van der Waals surface area contributed by atoms with E-state index in [2.05, 4.69) is 20.0 Å². The molecule has 0 aromatic carbocycles. The van der Waals surface area contributed by atoms with Crippen LogP contribution in [0.4, 0.5) is 4.39 Å². The number of halogens is 2. The molecule has 2 heterocycles. The second kappa shape index (κ2) is 7.17. The Balaban J connectivity index is 0.00000220. The highest BCUT2D eigenvalue weighted by Gasteiger charge is 2.35. The summed E-state index contributed by atoms with van der Waals surface area (Å²) < 4.78 is 18.6. The van der Waals surface area contributed by atoms with Crippen LogP contribution in [0.5, 0.6) is 0 Å². The molecule has 120 valence electrons. The predicted molar refractivity (Wildman–Crippen MR) is 78.2 cm³/mol. The Hall–Kier alpha value is -1.21. The van der Waals surface area contributed by atoms with Crippen LogP contribution in [-0.2, 0) is 0 Å². The highest BCUT2D eigenvalue weighted by molar-refractivity contribution is 5.90. The molecule has 2 rings (SSSR count). The number of piperidine rings is 1. The van der Waals surface area contributed by atoms with Gasteiger partial charge in [-0.1, -0.05) is 5.16 Å². The first-order valence-corrected chi connectivity index (χ1v) is 6.82. The summed E-state index contributed by atoms with van der Waals surface area (Å²) in [5, 5.41) is 6.59. The van der Waals surface area contributed by atoms with Crippen LogP contribution in [0, 0.1) is 5.92 Å². The Morgan fingerprint density at radius 3 is 2.81 bits per heavy atom. The maximum atomic E-state index is 14.0. The first kappa shape index (κ1) is 17.8. The number of alkyl halides is 1. The molecule has 1 amide bonds. The minimum atomic E-state index is -0.938. The largest absolute Gasteiger partial charge is 0.342 e. The van der Waals surface area contributed by atoms with E-state index in [1.807, 2.05) is 20.8 Å². The minimum Gasteiger partial charge on any atom is -0.342 e. The van der Waals surface area contributed by atoms with Gasteiger partial charge in [0.2, 0.25) is 6.39 Å². The minimum absolute atomic E-state index is 0. The molecule has 8 heteroatoms. The molecule has 1 aliphatic heterocycles. The SMILES string of the molecule is CC(C)(C)N(CC1CCNCC1F)C(=O)c1ncon1.Cl. The van der Waals surface area contributed by atoms with Crippen molar-refractivity contribution in [3.63, 3.8) is 0 Å². The lowest BCUT2D eigenvalue weighted by Gasteiger charge is -2.39. The van der Waals surface area contributed by atoms with Crippen molar-refractivity contribution in [1.29, 1.82) is 0 Å². The summed E-state index contributed by atoms with van der Waals surface area (Å²) >= 11 is 0. The van der Waals surface area contributed by atoms with Gasteiger partial charge in [0.1, 0.15) is 6.17 Å². The van der Waals surface area contributed by atoms with Crippen LogP contribution in [0.1, 0.15) is 37.8 Å². The molecular weight excluding hydrogens is 299 g/mol. The number of nitrogens with zero attached hydrogens (tertiary/aromatic N) is 3. The van der Waals surface area contributed by atoms with Gasteiger partial charge in [-0.25, -0.2) is 4.39 Å². The molecule has 1 aromatic rings. The van der Waals surface area contributed by atoms with Crippen LogP contribution in [0.2, 0.25) is 0 Å². The molecule has 2 unspecified atom stereocenters. The third-order valence-corrected chi connectivity index (χ3v) is 3.57. The van der Waals surface area contributed by atoms with Gasteiger partial charge in [-0.15, -0.1) is 12.4 Å². The van der Waals surface area contributed by atoms with Crippen molar-refractivity contribution in [2.24, 2.45) is 5.92 Å². The molecule has 6 nitrogen and oxygen atoms in total. The van der Waals surface area contributed by atoms with Crippen LogP contribution < -0.4 is 5.32 Å². The van der Waals surface area contributed by atoms with Crippen molar-refractivity contribution in [2.75, 3.05) is 19.6 Å². The number of hydrogen-bond acceptors (Lipinski definition) is 5. The number of carbonyl (C=O) groups is 1. The van der Waals surface area contributed by atoms with Crippen LogP contribution in [0.3, 0.4) is 0 Å². The van der Waals surface area contributed by atoms with Gasteiger partial charge in [0.25, 0.3) is 11.7 Å². The van der Waals surface area contributed by atoms with Gasteiger partial charge in [0.15, 0.2) is 0 Å². The Kier molecular flexibility index (Phi) is 6.10. The van der Waals surface area contributed by atoms with Gasteiger partial charge in [0.05, 0.1) is 0 Å². The Bertz CT molecular complexity index is 450. The van der Waals surface area contributed by atoms with Crippen molar-refractivity contribution in [3.8, 4) is 0 Å². The molecule has 1 N–H and O–H groups in total. The molecule has 1 aliphatic rings. The summed E-state index contributed by atoms with van der Waals surface area (Å²) in [7, 11) is 0. The summed E-state index contributed by atoms with van der Waals surface area (Å²) in [5.41, 5.74) is -0.428. The van der Waals surface area contributed by atoms with Crippen LogP contribution >= 0.6 is 12.4 Å². The van der Waals surface area contributed by atoms with Gasteiger partial charge in [-0.3, -0.25) is 4.79 Å². The lowest BCUT2D eigenvalue weighted by Crippen LogP contribution is -2.52. The monoisotopic (exact) mass is 320 g/mol. The fourth-order valence-electron chi connectivity index (χ4n) is 2.36. The average molecular weight is 321 g/mol. The number of hydrogen-bond donors (Lipinski definition) is 1. The molecule has 0 bridgehead atoms. The van der Waals surface area contributed by atoms with Crippen LogP contribution in [0.25, 0.3) is 0 Å². The van der Waals surface area contributed by atoms with Crippen molar-refractivity contribution in [1.82, 2.24) is 20.4 Å². The van der Waals surface area contributed by atoms with Crippen molar-refractivity contribution < 1.29 is 13.7 Å². The first-order valence-electron chi connectivity index (χ1n) is 6.82. The topological polar surface area (TPSA) is 71.3 Å². The summed E-state index contributed by atoms with van der Waals surface area (Å²) in [6, 6.07) is 0. The van der Waals surface area contributed by atoms with Gasteiger partial charge in [-0.05, 0) is 33.7 Å². The van der Waals surface area contributed by atoms with E-state index in [1.165, 1.54) is 0 Å². The molecular formula is C13H22ClFN4O2. The van der Waals surface area contributed by atoms with E-state index in [9.17, 15) is 9.18 Å². The molecule has 0 saturated carbocycles. The van der Waals surface area contributed by atoms with Crippen molar-refractivity contribution in [2.45, 2.75) is 38.9 Å². The van der Waals surface area contributed by atoms with Crippen LogP contribution in [-0.4, -0.2) is 52.3 Å². The average Bonchev–Trinajstić information content (AvgIpc) is 2.89. The second-order valence-electron chi connectivity index (χ2n) is 6.11. The second-order valence-corrected chi connectivity index (χ2v) is 6.11. The highest BCUT2D eigenvalue weighted by atomic mass is 35.5. The first-order chi connectivity index (χ1) is 9.39. The third kappa shape index (κ3) is 4.38. The molecule has 0 radical (unpaired) electrons. The molecule has 0 aliphatic carbocycles. The van der Waals surface area contributed by atoms with E-state index < -0.39 is 11.7 Å². The summed E-state index contributed by atoms with van der Waals surface area (Å²) in [6.45, 7) is 7.23. The summed E-state index contributed by atoms with van der Waals surface area (Å²) in [4.78, 5) is 17.8. The lowest BCUT2D eigenvalue weighted by atomic mass is 9.93. The Morgan fingerprint density at radius 1 is 1.57 bits per heavy atom. The molecule has 2 atom stereocenters. The number of carbonyl (C=O) groups excluding carboxylic acids is 1. The summed E-state index contributed by atoms with van der Waals surface area (Å²) in [5.74, 6) is -0.465. The van der Waals surface area contributed by atoms with Crippen LogP contribution in [0.15, 0.2) is 10.9 Å². The molecule has 0 spiro atoms. The zero-order valence-corrected chi connectivity index (χ0v) is 13.3. The van der Waals surface area contributed by atoms with E-state index >= 15 is 0 Å². The van der Waals surface area contributed by atoms with E-state index in [0.29, 0.717) is 19.5 Å². The quantitative estimate of drug-likeness (QED) is 0.917. The van der Waals surface area contributed by atoms with Gasteiger partial charge in [-0.2, -0.15) is 4.98 Å². The normalized spacial score (nSPS) is 22.5. The lowest BCUT2D eigenvalue weighted by molar-refractivity contribution is 0.0419. The molecule has 1 aromatic heterocycles. The number of nitrogens with one attached hydrogen (secondary N) is 1. The zero-order chi connectivity index (χ0) is 14.8. The highest BCUT2D eigenvalue weighted by Crippen LogP contribution is 2.23. The fraction of sp³-hybridized carbons (Fsp3) is 0.769. The number of rotatable bonds is 3. The molecule has 1 saturated heterocycles. The zero-order valence-electron chi connectivity index (χ0n) is 12.5. The number of aromatic nitrogens is 2. The van der Waals surface area contributed by atoms with Crippen molar-refractivity contribution in [3.05, 3.63) is 12.2 Å². The van der Waals surface area contributed by atoms with Crippen molar-refractivity contribution >= 4 is 18.3 Å². The van der Waals surface area contributed by atoms with Gasteiger partial charge in [0, 0.05) is 24.5 Å². The fourth-order valence-corrected chi connectivity index (χ4v) is 2.36. The van der Waals surface area contributed by atoms with E-state index in [-0.39, 0.29) is 30.1 Å². The smallest absolute Gasteiger partial charge is 0.295 e. The maximum Gasteiger partial charge on any atom is 0.295 e. The maximum absolute atomic E-state index is 14.0. The van der Waals surface area contributed by atoms with E-state index in [1.54, 1.807) is 4.90 Å². The van der Waals surface area contributed by atoms with Gasteiger partial charge < -0.3 is 14.7 Å². The predicted octanol–water partition coefficient (Wildman–Crippen LogP) is 1.68. The Labute approximate surface area is 129 Å². The van der Waals surface area contributed by atoms with E-state index in [0.717, 1.165) is 12.9 Å². The summed E-state index contributed by atoms with van der Waals surface area (Å²) in [6.07, 6.45) is 0.899. The standard InChI is InChI=1S/C13H21FN4O2.ClH/c1-13(2,3)18(12(19)11-16-8-20-17-11)7-9-4-5-15-6-10(9)14;/h8-10,15H,4-7H2,1-3H3;1H. The third-order valence-electron chi connectivity index (χ3n) is 3.57. The van der Waals surface area contributed by atoms with E-state index in [4.69, 9.17) is 0 Å². The van der Waals surface area contributed by atoms with Gasteiger partial charge >= 0.3 is 0 Å². The molecule has 1 fully saturated rings.